The molecule has 0 saturated carbocycles. The number of likely N-dealkylation sites (tertiary alicyclic amines) is 1. The smallest absolute Gasteiger partial charge is 0.224 e. The van der Waals surface area contributed by atoms with Gasteiger partial charge in [-0.1, -0.05) is 42.5 Å². The molecule has 4 rings (SSSR count). The second kappa shape index (κ2) is 8.57. The number of fused-ring (bicyclic) bond motifs is 1. The minimum Gasteiger partial charge on any atom is -0.341 e. The first-order chi connectivity index (χ1) is 13.7. The largest absolute Gasteiger partial charge is 0.341 e. The van der Waals surface area contributed by atoms with E-state index in [0.717, 1.165) is 43.5 Å². The number of carbonyl (C=O) groups is 1. The number of aryl methyl sites for hydroxylation is 1. The number of para-hydroxylation sites is 2. The van der Waals surface area contributed by atoms with E-state index in [1.54, 1.807) is 0 Å². The molecule has 3 aromatic rings. The Morgan fingerprint density at radius 3 is 2.79 bits per heavy atom. The Morgan fingerprint density at radius 1 is 1.14 bits per heavy atom. The van der Waals surface area contributed by atoms with Crippen LogP contribution in [0.3, 0.4) is 0 Å². The van der Waals surface area contributed by atoms with E-state index >= 15 is 0 Å². The molecule has 0 radical (unpaired) electrons. The number of nitrogens with zero attached hydrogens (tertiary/aromatic N) is 4. The van der Waals surface area contributed by atoms with Gasteiger partial charge in [0.05, 0.1) is 17.4 Å². The molecule has 1 aliphatic heterocycles. The lowest BCUT2D eigenvalue weighted by atomic mass is 10.0. The highest BCUT2D eigenvalue weighted by Crippen LogP contribution is 2.18. The maximum atomic E-state index is 12.8. The van der Waals surface area contributed by atoms with Crippen molar-refractivity contribution in [1.29, 1.82) is 0 Å². The molecule has 5 heteroatoms. The van der Waals surface area contributed by atoms with E-state index in [4.69, 9.17) is 0 Å². The highest BCUT2D eigenvalue weighted by molar-refractivity contribution is 5.77. The van der Waals surface area contributed by atoms with Crippen LogP contribution in [0.2, 0.25) is 0 Å². The van der Waals surface area contributed by atoms with Crippen LogP contribution in [0.25, 0.3) is 11.0 Å². The quantitative estimate of drug-likeness (QED) is 0.661. The van der Waals surface area contributed by atoms with Crippen LogP contribution in [0.4, 0.5) is 0 Å². The second-order valence-corrected chi connectivity index (χ2v) is 7.71. The fraction of sp³-hybridized carbons (Fsp3) is 0.391. The van der Waals surface area contributed by atoms with E-state index < -0.39 is 0 Å². The van der Waals surface area contributed by atoms with Gasteiger partial charge in [0.1, 0.15) is 0 Å². The van der Waals surface area contributed by atoms with E-state index in [9.17, 15) is 4.79 Å². The molecule has 0 bridgehead atoms. The molecule has 2 heterocycles. The molecule has 5 nitrogen and oxygen atoms in total. The number of hydrogen-bond donors (Lipinski definition) is 0. The van der Waals surface area contributed by atoms with E-state index in [-0.39, 0.29) is 5.91 Å². The first-order valence-electron chi connectivity index (χ1n) is 10.1. The van der Waals surface area contributed by atoms with Gasteiger partial charge in [-0.2, -0.15) is 0 Å². The van der Waals surface area contributed by atoms with Crippen LogP contribution in [-0.4, -0.2) is 51.4 Å². The molecular weight excluding hydrogens is 348 g/mol. The molecule has 1 saturated heterocycles. The molecular formula is C23H28N4O. The fourth-order valence-corrected chi connectivity index (χ4v) is 4.10. The molecule has 0 aliphatic carbocycles. The molecule has 1 fully saturated rings. The van der Waals surface area contributed by atoms with Gasteiger partial charge in [-0.3, -0.25) is 9.69 Å². The maximum absolute atomic E-state index is 12.8. The van der Waals surface area contributed by atoms with Gasteiger partial charge in [-0.15, -0.1) is 0 Å². The van der Waals surface area contributed by atoms with Crippen molar-refractivity contribution in [2.45, 2.75) is 38.4 Å². The van der Waals surface area contributed by atoms with Gasteiger partial charge in [-0.25, -0.2) is 4.98 Å². The Morgan fingerprint density at radius 2 is 1.93 bits per heavy atom. The molecule has 0 N–H and O–H groups in total. The van der Waals surface area contributed by atoms with Gasteiger partial charge < -0.3 is 9.47 Å². The van der Waals surface area contributed by atoms with Gasteiger partial charge in [0.25, 0.3) is 0 Å². The van der Waals surface area contributed by atoms with Crippen LogP contribution >= 0.6 is 0 Å². The normalized spacial score (nSPS) is 17.4. The summed E-state index contributed by atoms with van der Waals surface area (Å²) in [5.41, 5.74) is 3.39. The number of piperidine rings is 1. The Hall–Kier alpha value is -2.66. The van der Waals surface area contributed by atoms with Crippen molar-refractivity contribution in [1.82, 2.24) is 19.4 Å². The summed E-state index contributed by atoms with van der Waals surface area (Å²) in [6.07, 6.45) is 4.59. The minimum atomic E-state index is 0.246. The fourth-order valence-electron chi connectivity index (χ4n) is 4.10. The van der Waals surface area contributed by atoms with Crippen LogP contribution in [0.15, 0.2) is 60.9 Å². The Kier molecular flexibility index (Phi) is 5.72. The lowest BCUT2D eigenvalue weighted by Crippen LogP contribution is -2.48. The summed E-state index contributed by atoms with van der Waals surface area (Å²) in [5, 5.41) is 0. The van der Waals surface area contributed by atoms with Gasteiger partial charge in [0.15, 0.2) is 0 Å². The third kappa shape index (κ3) is 4.25. The number of carbonyl (C=O) groups excluding carboxylic acids is 1. The first kappa shape index (κ1) is 18.7. The summed E-state index contributed by atoms with van der Waals surface area (Å²) in [4.78, 5) is 21.7. The number of amides is 1. The molecule has 1 aromatic heterocycles. The van der Waals surface area contributed by atoms with E-state index in [1.807, 2.05) is 30.6 Å². The van der Waals surface area contributed by atoms with Crippen LogP contribution in [-0.2, 0) is 17.9 Å². The highest BCUT2D eigenvalue weighted by atomic mass is 16.2. The summed E-state index contributed by atoms with van der Waals surface area (Å²) < 4.78 is 2.08. The molecule has 0 spiro atoms. The number of benzene rings is 2. The van der Waals surface area contributed by atoms with Crippen molar-refractivity contribution in [3.63, 3.8) is 0 Å². The zero-order chi connectivity index (χ0) is 19.3. The van der Waals surface area contributed by atoms with Crippen LogP contribution in [0, 0.1) is 0 Å². The molecule has 146 valence electrons. The summed E-state index contributed by atoms with van der Waals surface area (Å²) in [7, 11) is 2.17. The molecule has 1 amide bonds. The van der Waals surface area contributed by atoms with Crippen molar-refractivity contribution in [2.75, 3.05) is 20.1 Å². The standard InChI is InChI=1S/C23H28N4O/c1-25(16-19-8-3-2-4-9-19)20-10-7-14-26(17-20)23(28)13-15-27-18-24-21-11-5-6-12-22(21)27/h2-6,8-9,11-12,18,20H,7,10,13-17H2,1H3/t20-/m1/s1. The van der Waals surface area contributed by atoms with Gasteiger partial charge in [-0.05, 0) is 37.6 Å². The summed E-state index contributed by atoms with van der Waals surface area (Å²) in [6, 6.07) is 19.0. The predicted octanol–water partition coefficient (Wildman–Crippen LogP) is 3.55. The molecule has 1 aliphatic rings. The van der Waals surface area contributed by atoms with E-state index in [0.29, 0.717) is 19.0 Å². The first-order valence-corrected chi connectivity index (χ1v) is 10.1. The Labute approximate surface area is 166 Å². The second-order valence-electron chi connectivity index (χ2n) is 7.71. The van der Waals surface area contributed by atoms with Crippen molar-refractivity contribution >= 4 is 16.9 Å². The average Bonchev–Trinajstić information content (AvgIpc) is 3.16. The Balaban J connectivity index is 1.33. The zero-order valence-corrected chi connectivity index (χ0v) is 16.5. The van der Waals surface area contributed by atoms with Crippen LogP contribution in [0.5, 0.6) is 0 Å². The minimum absolute atomic E-state index is 0.246. The zero-order valence-electron chi connectivity index (χ0n) is 16.5. The summed E-state index contributed by atoms with van der Waals surface area (Å²) in [6.45, 7) is 3.31. The van der Waals surface area contributed by atoms with E-state index in [2.05, 4.69) is 56.7 Å². The predicted molar refractivity (Wildman–Crippen MR) is 112 cm³/mol. The molecule has 28 heavy (non-hydrogen) atoms. The van der Waals surface area contributed by atoms with Crippen molar-refractivity contribution in [3.05, 3.63) is 66.5 Å². The monoisotopic (exact) mass is 376 g/mol. The van der Waals surface area contributed by atoms with Crippen LogP contribution < -0.4 is 0 Å². The number of imidazole rings is 1. The Bertz CT molecular complexity index is 921. The molecule has 2 aromatic carbocycles. The van der Waals surface area contributed by atoms with Crippen LogP contribution in [0.1, 0.15) is 24.8 Å². The van der Waals surface area contributed by atoms with Crippen molar-refractivity contribution in [3.8, 4) is 0 Å². The van der Waals surface area contributed by atoms with Gasteiger partial charge in [0, 0.05) is 38.6 Å². The van der Waals surface area contributed by atoms with Gasteiger partial charge >= 0.3 is 0 Å². The van der Waals surface area contributed by atoms with Crippen molar-refractivity contribution in [2.24, 2.45) is 0 Å². The highest BCUT2D eigenvalue weighted by Gasteiger charge is 2.26. The number of hydrogen-bond acceptors (Lipinski definition) is 3. The molecule has 1 atom stereocenters. The lowest BCUT2D eigenvalue weighted by molar-refractivity contribution is -0.133. The van der Waals surface area contributed by atoms with Gasteiger partial charge in [0.2, 0.25) is 5.91 Å². The average molecular weight is 377 g/mol. The SMILES string of the molecule is CN(Cc1ccccc1)[C@@H]1CCCN(C(=O)CCn2cnc3ccccc32)C1. The lowest BCUT2D eigenvalue weighted by Gasteiger charge is -2.37. The maximum Gasteiger partial charge on any atom is 0.224 e. The summed E-state index contributed by atoms with van der Waals surface area (Å²) >= 11 is 0. The number of rotatable bonds is 6. The van der Waals surface area contributed by atoms with Crippen molar-refractivity contribution < 1.29 is 4.79 Å². The third-order valence-electron chi connectivity index (χ3n) is 5.74. The van der Waals surface area contributed by atoms with E-state index in [1.165, 1.54) is 5.56 Å². The number of likely N-dealkylation sites (N-methyl/N-ethyl adjacent to an activating group) is 1. The topological polar surface area (TPSA) is 41.4 Å². The number of aromatic nitrogens is 2. The third-order valence-corrected chi connectivity index (χ3v) is 5.74. The summed E-state index contributed by atoms with van der Waals surface area (Å²) in [5.74, 6) is 0.246. The molecule has 0 unspecified atom stereocenters.